The lowest BCUT2D eigenvalue weighted by molar-refractivity contribution is 0.0791. The first-order valence-electron chi connectivity index (χ1n) is 6.41. The molecular formula is C14H19ClN2O. The van der Waals surface area contributed by atoms with Crippen molar-refractivity contribution in [3.05, 3.63) is 34.9 Å². The lowest BCUT2D eigenvalue weighted by Crippen LogP contribution is -2.31. The third-order valence-electron chi connectivity index (χ3n) is 3.86. The Bertz CT molecular complexity index is 461. The predicted molar refractivity (Wildman–Crippen MR) is 74.2 cm³/mol. The maximum atomic E-state index is 12.3. The lowest BCUT2D eigenvalue weighted by Gasteiger charge is -2.16. The number of nitrogens with zero attached hydrogens (tertiary/aromatic N) is 1. The summed E-state index contributed by atoms with van der Waals surface area (Å²) in [5, 5.41) is 0. The molecule has 0 bridgehead atoms. The number of carbonyl (C=O) groups excluding carboxylic acids is 1. The van der Waals surface area contributed by atoms with Crippen LogP contribution in [0.1, 0.15) is 34.3 Å². The van der Waals surface area contributed by atoms with E-state index < -0.39 is 0 Å². The number of likely N-dealkylation sites (tertiary alicyclic amines) is 1. The Morgan fingerprint density at radius 1 is 1.28 bits per heavy atom. The van der Waals surface area contributed by atoms with Crippen LogP contribution in [-0.2, 0) is 12.8 Å². The molecule has 3 nitrogen and oxygen atoms in total. The van der Waals surface area contributed by atoms with Gasteiger partial charge in [0, 0.05) is 24.7 Å². The molecule has 1 aromatic rings. The quantitative estimate of drug-likeness (QED) is 0.842. The Kier molecular flexibility index (Phi) is 3.93. The number of amides is 1. The van der Waals surface area contributed by atoms with E-state index in [-0.39, 0.29) is 24.4 Å². The van der Waals surface area contributed by atoms with E-state index in [9.17, 15) is 4.79 Å². The van der Waals surface area contributed by atoms with Gasteiger partial charge < -0.3 is 10.6 Å². The number of rotatable bonds is 1. The fourth-order valence-corrected chi connectivity index (χ4v) is 2.86. The summed E-state index contributed by atoms with van der Waals surface area (Å²) in [6, 6.07) is 6.32. The van der Waals surface area contributed by atoms with Crippen LogP contribution in [0.15, 0.2) is 18.2 Å². The molecule has 0 aromatic heterocycles. The summed E-state index contributed by atoms with van der Waals surface area (Å²) in [6.07, 6.45) is 4.44. The van der Waals surface area contributed by atoms with Gasteiger partial charge in [-0.3, -0.25) is 4.79 Å². The van der Waals surface area contributed by atoms with Crippen molar-refractivity contribution in [1.82, 2.24) is 4.90 Å². The van der Waals surface area contributed by atoms with Gasteiger partial charge in [0.25, 0.3) is 5.91 Å². The molecule has 98 valence electrons. The third-order valence-corrected chi connectivity index (χ3v) is 3.86. The zero-order chi connectivity index (χ0) is 11.8. The maximum absolute atomic E-state index is 12.3. The first-order chi connectivity index (χ1) is 8.24. The molecule has 0 saturated carbocycles. The minimum Gasteiger partial charge on any atom is -0.337 e. The molecule has 1 atom stereocenters. The fourth-order valence-electron chi connectivity index (χ4n) is 2.86. The van der Waals surface area contributed by atoms with Crippen molar-refractivity contribution in [1.29, 1.82) is 0 Å². The summed E-state index contributed by atoms with van der Waals surface area (Å²) >= 11 is 0. The van der Waals surface area contributed by atoms with E-state index in [0.717, 1.165) is 24.9 Å². The van der Waals surface area contributed by atoms with Crippen molar-refractivity contribution in [2.45, 2.75) is 31.7 Å². The van der Waals surface area contributed by atoms with Gasteiger partial charge in [0.2, 0.25) is 0 Å². The largest absolute Gasteiger partial charge is 0.337 e. The van der Waals surface area contributed by atoms with Gasteiger partial charge in [0.1, 0.15) is 0 Å². The SMILES string of the molecule is Cl.N[C@@H]1CCN(C(=O)c2ccc3c(c2)CCC3)C1. The molecule has 0 spiro atoms. The van der Waals surface area contributed by atoms with Crippen LogP contribution in [0.3, 0.4) is 0 Å². The van der Waals surface area contributed by atoms with Crippen molar-refractivity contribution >= 4 is 18.3 Å². The normalized spacial score (nSPS) is 21.6. The molecule has 1 aliphatic carbocycles. The molecule has 0 unspecified atom stereocenters. The van der Waals surface area contributed by atoms with Gasteiger partial charge in [-0.25, -0.2) is 0 Å². The molecule has 1 saturated heterocycles. The summed E-state index contributed by atoms with van der Waals surface area (Å²) in [7, 11) is 0. The van der Waals surface area contributed by atoms with Gasteiger partial charge in [-0.2, -0.15) is 0 Å². The van der Waals surface area contributed by atoms with E-state index in [1.807, 2.05) is 11.0 Å². The molecule has 1 fully saturated rings. The second-order valence-electron chi connectivity index (χ2n) is 5.14. The van der Waals surface area contributed by atoms with E-state index >= 15 is 0 Å². The average molecular weight is 267 g/mol. The van der Waals surface area contributed by atoms with Crippen LogP contribution < -0.4 is 5.73 Å². The van der Waals surface area contributed by atoms with Crippen LogP contribution in [0.2, 0.25) is 0 Å². The second kappa shape index (κ2) is 5.29. The maximum Gasteiger partial charge on any atom is 0.253 e. The number of hydrogen-bond donors (Lipinski definition) is 1. The Morgan fingerprint density at radius 2 is 2.06 bits per heavy atom. The van der Waals surface area contributed by atoms with Gasteiger partial charge in [-0.15, -0.1) is 12.4 Å². The number of benzene rings is 1. The summed E-state index contributed by atoms with van der Waals surface area (Å²) in [5.41, 5.74) is 9.45. The van der Waals surface area contributed by atoms with Crippen LogP contribution in [0.5, 0.6) is 0 Å². The van der Waals surface area contributed by atoms with Crippen LogP contribution in [-0.4, -0.2) is 29.9 Å². The molecule has 2 aliphatic rings. The molecule has 1 aliphatic heterocycles. The predicted octanol–water partition coefficient (Wildman–Crippen LogP) is 1.77. The lowest BCUT2D eigenvalue weighted by atomic mass is 10.1. The number of halogens is 1. The smallest absolute Gasteiger partial charge is 0.253 e. The van der Waals surface area contributed by atoms with Crippen molar-refractivity contribution in [2.24, 2.45) is 5.73 Å². The number of nitrogens with two attached hydrogens (primary N) is 1. The Labute approximate surface area is 114 Å². The first-order valence-corrected chi connectivity index (χ1v) is 6.41. The fraction of sp³-hybridized carbons (Fsp3) is 0.500. The van der Waals surface area contributed by atoms with Gasteiger partial charge in [0.05, 0.1) is 0 Å². The minimum atomic E-state index is 0. The van der Waals surface area contributed by atoms with Crippen molar-refractivity contribution in [2.75, 3.05) is 13.1 Å². The van der Waals surface area contributed by atoms with Gasteiger partial charge in [0.15, 0.2) is 0 Å². The molecule has 0 radical (unpaired) electrons. The summed E-state index contributed by atoms with van der Waals surface area (Å²) in [5.74, 6) is 0.146. The highest BCUT2D eigenvalue weighted by Crippen LogP contribution is 2.24. The van der Waals surface area contributed by atoms with E-state index in [4.69, 9.17) is 5.73 Å². The number of hydrogen-bond acceptors (Lipinski definition) is 2. The van der Waals surface area contributed by atoms with Crippen LogP contribution in [0.25, 0.3) is 0 Å². The Morgan fingerprint density at radius 3 is 2.78 bits per heavy atom. The topological polar surface area (TPSA) is 46.3 Å². The molecule has 2 N–H and O–H groups in total. The number of carbonyl (C=O) groups is 1. The highest BCUT2D eigenvalue weighted by molar-refractivity contribution is 5.94. The highest BCUT2D eigenvalue weighted by Gasteiger charge is 2.25. The number of aryl methyl sites for hydroxylation is 2. The minimum absolute atomic E-state index is 0. The first kappa shape index (κ1) is 13.4. The van der Waals surface area contributed by atoms with Gasteiger partial charge in [-0.1, -0.05) is 6.07 Å². The zero-order valence-electron chi connectivity index (χ0n) is 10.4. The van der Waals surface area contributed by atoms with Gasteiger partial charge >= 0.3 is 0 Å². The zero-order valence-corrected chi connectivity index (χ0v) is 11.2. The summed E-state index contributed by atoms with van der Waals surface area (Å²) in [6.45, 7) is 1.51. The Hall–Kier alpha value is -1.06. The van der Waals surface area contributed by atoms with E-state index in [1.54, 1.807) is 0 Å². The van der Waals surface area contributed by atoms with Crippen molar-refractivity contribution in [3.63, 3.8) is 0 Å². The molecule has 18 heavy (non-hydrogen) atoms. The van der Waals surface area contributed by atoms with Gasteiger partial charge in [-0.05, 0) is 48.9 Å². The molecule has 4 heteroatoms. The standard InChI is InChI=1S/C14H18N2O.ClH/c15-13-6-7-16(9-13)14(17)12-5-4-10-2-1-3-11(10)8-12;/h4-5,8,13H,1-3,6-7,9,15H2;1H/t13-;/m1./s1. The van der Waals surface area contributed by atoms with E-state index in [2.05, 4.69) is 12.1 Å². The average Bonchev–Trinajstić information content (AvgIpc) is 2.95. The third kappa shape index (κ3) is 2.38. The van der Waals surface area contributed by atoms with Crippen LogP contribution in [0.4, 0.5) is 0 Å². The monoisotopic (exact) mass is 266 g/mol. The van der Waals surface area contributed by atoms with Crippen molar-refractivity contribution in [3.8, 4) is 0 Å². The van der Waals surface area contributed by atoms with Crippen LogP contribution in [0, 0.1) is 0 Å². The second-order valence-corrected chi connectivity index (χ2v) is 5.14. The molecular weight excluding hydrogens is 248 g/mol. The van der Waals surface area contributed by atoms with E-state index in [1.165, 1.54) is 24.0 Å². The molecule has 1 aromatic carbocycles. The van der Waals surface area contributed by atoms with Crippen molar-refractivity contribution < 1.29 is 4.79 Å². The highest BCUT2D eigenvalue weighted by atomic mass is 35.5. The molecule has 1 heterocycles. The number of fused-ring (bicyclic) bond motifs is 1. The molecule has 1 amide bonds. The summed E-state index contributed by atoms with van der Waals surface area (Å²) in [4.78, 5) is 14.1. The van der Waals surface area contributed by atoms with E-state index in [0.29, 0.717) is 6.54 Å². The Balaban J connectivity index is 0.00000120. The summed E-state index contributed by atoms with van der Waals surface area (Å²) < 4.78 is 0. The van der Waals surface area contributed by atoms with Crippen LogP contribution >= 0.6 is 12.4 Å². The molecule has 3 rings (SSSR count).